The first-order chi connectivity index (χ1) is 22.1. The molecule has 0 aromatic rings. The molecule has 6 atom stereocenters. The minimum Gasteiger partial charge on any atom is -0.462 e. The van der Waals surface area contributed by atoms with Crippen LogP contribution in [-0.4, -0.2) is 164 Å². The van der Waals surface area contributed by atoms with Crippen LogP contribution in [0.1, 0.15) is 60.8 Å². The predicted molar refractivity (Wildman–Crippen MR) is 176 cm³/mol. The second-order valence-electron chi connectivity index (χ2n) is 10.8. The summed E-state index contributed by atoms with van der Waals surface area (Å²) in [5, 5.41) is 25.7. The number of hydrogen-bond donors (Lipinski definition) is 7. The van der Waals surface area contributed by atoms with Crippen LogP contribution < -0.4 is 31.9 Å². The number of aliphatic hydroxyl groups is 1. The SMILES string of the molecule is C=C(NCNC(=O)C(C)NC(=O)C(NC(C)=O)[CH](C)[Rb])C(CO)NC(=O)C(CSCC(COC(=O)CC)OC(=O)CC)NC(=O)CC. The van der Waals surface area contributed by atoms with Gasteiger partial charge in [0.05, 0.1) is 0 Å². The van der Waals surface area contributed by atoms with Crippen molar-refractivity contribution in [2.75, 3.05) is 31.4 Å². The molecule has 0 aliphatic rings. The van der Waals surface area contributed by atoms with Crippen LogP contribution in [0.3, 0.4) is 0 Å². The molecule has 0 saturated heterocycles. The van der Waals surface area contributed by atoms with Crippen LogP contribution in [0.15, 0.2) is 12.3 Å². The van der Waals surface area contributed by atoms with Gasteiger partial charge < -0.3 is 19.9 Å². The molecule has 16 nitrogen and oxygen atoms in total. The van der Waals surface area contributed by atoms with Crippen molar-refractivity contribution in [2.24, 2.45) is 0 Å². The standard InChI is InChI=1S/C29H49N6O10S.Rb/c1-8-21(33-19(7)37)28(42)32-18(6)27(41)31-16-30-17(5)22(12-36)35-29(43)23(34-24(38)9-2)15-46-14-20(45-26(40)11-4)13-44-25(39)10-3;/h8,18,20-23,30,36H,5,9-16H2,1-4,6-7H3,(H,31,41)(H,32,42)(H,33,37)(H,34,38)(H,35,43);. The van der Waals surface area contributed by atoms with Crippen molar-refractivity contribution < 1.29 is 48.1 Å². The fourth-order valence-corrected chi connectivity index (χ4v) is 5.82. The van der Waals surface area contributed by atoms with Crippen LogP contribution >= 0.6 is 11.8 Å². The number of amides is 5. The minimum atomic E-state index is -1.03. The van der Waals surface area contributed by atoms with E-state index in [0.717, 1.165) is 0 Å². The molecular formula is C29H49N6O10RbS. The summed E-state index contributed by atoms with van der Waals surface area (Å²) < 4.78 is 10.4. The fraction of sp³-hybridized carbons (Fsp3) is 0.690. The number of rotatable bonds is 23. The molecule has 0 aliphatic carbocycles. The summed E-state index contributed by atoms with van der Waals surface area (Å²) in [6.45, 7) is 12.5. The van der Waals surface area contributed by atoms with E-state index in [9.17, 15) is 38.7 Å². The maximum absolute atomic E-state index is 13.2. The predicted octanol–water partition coefficient (Wildman–Crippen LogP) is -1.47. The zero-order chi connectivity index (χ0) is 36.1. The van der Waals surface area contributed by atoms with Gasteiger partial charge in [-0.25, -0.2) is 0 Å². The van der Waals surface area contributed by atoms with Crippen molar-refractivity contribution in [3.8, 4) is 0 Å². The molecule has 0 aromatic heterocycles. The third-order valence-electron chi connectivity index (χ3n) is 6.42. The molecule has 0 spiro atoms. The van der Waals surface area contributed by atoms with Crippen LogP contribution in [0.4, 0.5) is 0 Å². The molecule has 47 heavy (non-hydrogen) atoms. The molecule has 7 N–H and O–H groups in total. The third kappa shape index (κ3) is 19.5. The van der Waals surface area contributed by atoms with E-state index in [2.05, 4.69) is 38.5 Å². The van der Waals surface area contributed by atoms with Gasteiger partial charge in [0.15, 0.2) is 0 Å². The molecule has 5 amide bonds. The normalized spacial score (nSPS) is 14.5. The van der Waals surface area contributed by atoms with Gasteiger partial charge in [0.25, 0.3) is 0 Å². The zero-order valence-electron chi connectivity index (χ0n) is 28.4. The molecule has 0 saturated carbocycles. The Morgan fingerprint density at radius 3 is 1.98 bits per heavy atom. The Labute approximate surface area is 319 Å². The molecule has 0 aliphatic heterocycles. The van der Waals surface area contributed by atoms with E-state index in [1.165, 1.54) is 25.6 Å². The second-order valence-corrected chi connectivity index (χ2v) is 16.4. The van der Waals surface area contributed by atoms with Gasteiger partial charge >= 0.3 is 190 Å². The molecule has 0 bridgehead atoms. The van der Waals surface area contributed by atoms with E-state index in [0.29, 0.717) is 0 Å². The first kappa shape index (κ1) is 44.9. The summed E-state index contributed by atoms with van der Waals surface area (Å²) in [6, 6.07) is -3.67. The number of nitrogens with one attached hydrogen (secondary N) is 6. The first-order valence-corrected chi connectivity index (χ1v) is 19.5. The topological polar surface area (TPSA) is 230 Å². The summed E-state index contributed by atoms with van der Waals surface area (Å²) >= 11 is 1.27. The Balaban J connectivity index is 5.17. The first-order valence-electron chi connectivity index (χ1n) is 15.5. The fourth-order valence-electron chi connectivity index (χ4n) is 3.63. The second kappa shape index (κ2) is 25.0. The van der Waals surface area contributed by atoms with Crippen molar-refractivity contribution in [1.29, 1.82) is 0 Å². The average molecular weight is 759 g/mol. The summed E-state index contributed by atoms with van der Waals surface area (Å²) in [6.07, 6.45) is -0.363. The monoisotopic (exact) mass is 758 g/mol. The van der Waals surface area contributed by atoms with Crippen molar-refractivity contribution in [2.45, 2.75) is 90.1 Å². The number of esters is 2. The van der Waals surface area contributed by atoms with Crippen LogP contribution in [-0.2, 0) is 43.0 Å². The van der Waals surface area contributed by atoms with Crippen LogP contribution in [0.2, 0.25) is -1.01 Å². The quantitative estimate of drug-likeness (QED) is 0.0468. The molecule has 0 fully saturated rings. The van der Waals surface area contributed by atoms with Crippen molar-refractivity contribution in [3.05, 3.63) is 12.3 Å². The summed E-state index contributed by atoms with van der Waals surface area (Å²) in [5.74, 6) is -3.03. The third-order valence-corrected chi connectivity index (χ3v) is 9.24. The Hall–Kier alpha value is -2.05. The van der Waals surface area contributed by atoms with Gasteiger partial charge in [0.2, 0.25) is 11.8 Å². The average Bonchev–Trinajstić information content (AvgIpc) is 3.02. The minimum absolute atomic E-state index is 0.000409. The Morgan fingerprint density at radius 1 is 0.809 bits per heavy atom. The molecule has 18 heteroatoms. The van der Waals surface area contributed by atoms with Crippen molar-refractivity contribution >= 4 is 109 Å². The molecular weight excluding hydrogens is 710 g/mol. The van der Waals surface area contributed by atoms with E-state index in [4.69, 9.17) is 9.47 Å². The smallest absolute Gasteiger partial charge is 0.462 e. The number of hydrogen-bond acceptors (Lipinski definition) is 12. The van der Waals surface area contributed by atoms with Gasteiger partial charge in [-0.15, -0.1) is 0 Å². The van der Waals surface area contributed by atoms with Gasteiger partial charge in [0.1, 0.15) is 18.8 Å². The maximum atomic E-state index is 13.2. The molecule has 0 aromatic carbocycles. The van der Waals surface area contributed by atoms with Crippen molar-refractivity contribution in [3.63, 3.8) is 0 Å². The van der Waals surface area contributed by atoms with Gasteiger partial charge in [-0.3, -0.25) is 19.2 Å². The van der Waals surface area contributed by atoms with E-state index in [1.807, 2.05) is 6.92 Å². The summed E-state index contributed by atoms with van der Waals surface area (Å²) in [7, 11) is 0. The van der Waals surface area contributed by atoms with Crippen LogP contribution in [0.25, 0.3) is 0 Å². The number of carbonyl (C=O) groups excluding carboxylic acids is 7. The van der Waals surface area contributed by atoms with Gasteiger partial charge in [0, 0.05) is 30.8 Å². The molecule has 6 unspecified atom stereocenters. The zero-order valence-corrected chi connectivity index (χ0v) is 34.1. The van der Waals surface area contributed by atoms with E-state index < -0.39 is 72.4 Å². The van der Waals surface area contributed by atoms with Gasteiger partial charge in [-0.05, 0) is 0 Å². The Kier molecular flexibility index (Phi) is 23.9. The number of carbonyl (C=O) groups is 7. The number of thioether (sulfide) groups is 1. The Bertz CT molecular complexity index is 1100. The van der Waals surface area contributed by atoms with Crippen molar-refractivity contribution in [1.82, 2.24) is 31.9 Å². The number of ether oxygens (including phenoxy) is 2. The van der Waals surface area contributed by atoms with Gasteiger partial charge in [-0.1, -0.05) is 20.8 Å². The molecule has 0 radical (unpaired) electrons. The van der Waals surface area contributed by atoms with Crippen LogP contribution in [0.5, 0.6) is 0 Å². The van der Waals surface area contributed by atoms with E-state index in [-0.39, 0.29) is 110 Å². The molecule has 262 valence electrons. The number of aliphatic hydroxyl groups excluding tert-OH is 1. The Morgan fingerprint density at radius 2 is 1.45 bits per heavy atom. The van der Waals surface area contributed by atoms with Gasteiger partial charge in [-0.2, -0.15) is 11.8 Å². The summed E-state index contributed by atoms with van der Waals surface area (Å²) in [5.41, 5.74) is 0.161. The molecule has 0 heterocycles. The molecule has 0 rings (SSSR count). The summed E-state index contributed by atoms with van der Waals surface area (Å²) in [4.78, 5) is 85.3. The van der Waals surface area contributed by atoms with E-state index >= 15 is 0 Å². The van der Waals surface area contributed by atoms with Crippen LogP contribution in [0, 0.1) is 0 Å². The van der Waals surface area contributed by atoms with E-state index in [1.54, 1.807) is 20.8 Å².